The van der Waals surface area contributed by atoms with Crippen LogP contribution in [-0.4, -0.2) is 53.1 Å². The molecule has 1 aromatic carbocycles. The molecular formula is C23H29N5O6. The van der Waals surface area contributed by atoms with E-state index in [1.807, 2.05) is 13.8 Å². The van der Waals surface area contributed by atoms with Crippen LogP contribution < -0.4 is 10.2 Å². The lowest BCUT2D eigenvalue weighted by Gasteiger charge is -2.32. The van der Waals surface area contributed by atoms with Crippen molar-refractivity contribution in [3.63, 3.8) is 0 Å². The van der Waals surface area contributed by atoms with Crippen LogP contribution in [-0.2, 0) is 14.3 Å². The number of rotatable bonds is 9. The smallest absolute Gasteiger partial charge is 0.353 e. The summed E-state index contributed by atoms with van der Waals surface area (Å²) in [6.45, 7) is 7.05. The van der Waals surface area contributed by atoms with Gasteiger partial charge in [0.25, 0.3) is 0 Å². The second-order valence-electron chi connectivity index (χ2n) is 8.38. The predicted molar refractivity (Wildman–Crippen MR) is 125 cm³/mol. The number of nitro groups is 1. The average molecular weight is 472 g/mol. The molecule has 11 heteroatoms. The van der Waals surface area contributed by atoms with Crippen LogP contribution in [0.3, 0.4) is 0 Å². The summed E-state index contributed by atoms with van der Waals surface area (Å²) in [5.41, 5.74) is 0.603. The molecule has 0 aliphatic carbocycles. The summed E-state index contributed by atoms with van der Waals surface area (Å²) >= 11 is 0. The fraction of sp³-hybridized carbons (Fsp3) is 0.478. The molecule has 2 aromatic rings. The van der Waals surface area contributed by atoms with E-state index in [2.05, 4.69) is 15.3 Å². The Morgan fingerprint density at radius 3 is 2.62 bits per heavy atom. The number of carbonyl (C=O) groups is 2. The summed E-state index contributed by atoms with van der Waals surface area (Å²) < 4.78 is 10.3. The number of anilines is 3. The predicted octanol–water partition coefficient (Wildman–Crippen LogP) is 3.72. The maximum absolute atomic E-state index is 12.2. The first-order chi connectivity index (χ1) is 16.3. The van der Waals surface area contributed by atoms with E-state index < -0.39 is 10.9 Å². The number of hydrogen-bond donors (Lipinski definition) is 1. The first kappa shape index (κ1) is 24.9. The van der Waals surface area contributed by atoms with Gasteiger partial charge in [0.15, 0.2) is 0 Å². The summed E-state index contributed by atoms with van der Waals surface area (Å²) in [7, 11) is 0. The van der Waals surface area contributed by atoms with E-state index >= 15 is 0 Å². The number of esters is 2. The van der Waals surface area contributed by atoms with Gasteiger partial charge in [0.1, 0.15) is 6.33 Å². The molecule has 1 saturated heterocycles. The first-order valence-electron chi connectivity index (χ1n) is 11.2. The molecule has 1 fully saturated rings. The Morgan fingerprint density at radius 1 is 1.24 bits per heavy atom. The third-order valence-corrected chi connectivity index (χ3v) is 5.26. The van der Waals surface area contributed by atoms with E-state index in [0.29, 0.717) is 37.2 Å². The minimum atomic E-state index is -0.538. The number of nitrogens with one attached hydrogen (secondary N) is 1. The minimum absolute atomic E-state index is 0.0170. The summed E-state index contributed by atoms with van der Waals surface area (Å²) in [5, 5.41) is 14.9. The topological polar surface area (TPSA) is 137 Å². The van der Waals surface area contributed by atoms with Crippen molar-refractivity contribution in [1.82, 2.24) is 9.97 Å². The van der Waals surface area contributed by atoms with Gasteiger partial charge in [0.05, 0.1) is 29.6 Å². The molecule has 182 valence electrons. The number of nitrogens with zero attached hydrogens (tertiary/aromatic N) is 4. The van der Waals surface area contributed by atoms with E-state index in [1.165, 1.54) is 6.33 Å². The lowest BCUT2D eigenvalue weighted by molar-refractivity contribution is -0.383. The fourth-order valence-corrected chi connectivity index (χ4v) is 3.63. The third-order valence-electron chi connectivity index (χ3n) is 5.26. The Hall–Kier alpha value is -3.76. The zero-order chi connectivity index (χ0) is 24.7. The number of benzene rings is 1. The first-order valence-corrected chi connectivity index (χ1v) is 11.2. The molecule has 0 spiro atoms. The van der Waals surface area contributed by atoms with Gasteiger partial charge in [-0.05, 0) is 49.9 Å². The molecule has 0 amide bonds. The highest BCUT2D eigenvalue weighted by atomic mass is 16.6. The summed E-state index contributed by atoms with van der Waals surface area (Å²) in [6, 6.07) is 6.39. The Labute approximate surface area is 197 Å². The maximum atomic E-state index is 12.2. The van der Waals surface area contributed by atoms with Crippen LogP contribution in [0.5, 0.6) is 0 Å². The van der Waals surface area contributed by atoms with Gasteiger partial charge in [0.2, 0.25) is 11.6 Å². The average Bonchev–Trinajstić information content (AvgIpc) is 2.83. The van der Waals surface area contributed by atoms with E-state index in [-0.39, 0.29) is 48.3 Å². The van der Waals surface area contributed by atoms with Crippen molar-refractivity contribution in [2.24, 2.45) is 11.8 Å². The van der Waals surface area contributed by atoms with Gasteiger partial charge in [-0.2, -0.15) is 0 Å². The van der Waals surface area contributed by atoms with E-state index in [9.17, 15) is 19.7 Å². The van der Waals surface area contributed by atoms with Crippen molar-refractivity contribution in [2.45, 2.75) is 33.6 Å². The van der Waals surface area contributed by atoms with Gasteiger partial charge in [-0.15, -0.1) is 0 Å². The van der Waals surface area contributed by atoms with Crippen LogP contribution in [0.2, 0.25) is 0 Å². The fourth-order valence-electron chi connectivity index (χ4n) is 3.63. The Balaban J connectivity index is 1.80. The summed E-state index contributed by atoms with van der Waals surface area (Å²) in [6.07, 6.45) is 2.59. The van der Waals surface area contributed by atoms with Crippen molar-refractivity contribution in [1.29, 1.82) is 0 Å². The van der Waals surface area contributed by atoms with Crippen LogP contribution >= 0.6 is 0 Å². The molecule has 3 rings (SSSR count). The number of piperidine rings is 1. The Kier molecular flexibility index (Phi) is 8.34. The number of carbonyl (C=O) groups excluding carboxylic acids is 2. The van der Waals surface area contributed by atoms with E-state index in [4.69, 9.17) is 9.47 Å². The molecule has 1 N–H and O–H groups in total. The Morgan fingerprint density at radius 2 is 1.97 bits per heavy atom. The SMILES string of the molecule is CCOC(=O)C1CCCN(c2ncnc(Nc3ccc(C(=O)OCC(C)C)cc3)c2[N+](=O)[O-])C1. The number of aromatic nitrogens is 2. The third kappa shape index (κ3) is 6.18. The zero-order valence-corrected chi connectivity index (χ0v) is 19.5. The van der Waals surface area contributed by atoms with Crippen LogP contribution in [0.25, 0.3) is 0 Å². The van der Waals surface area contributed by atoms with Gasteiger partial charge in [-0.3, -0.25) is 14.9 Å². The van der Waals surface area contributed by atoms with Crippen LogP contribution in [0.1, 0.15) is 44.0 Å². The zero-order valence-electron chi connectivity index (χ0n) is 19.5. The second kappa shape index (κ2) is 11.4. The number of hydrogen-bond acceptors (Lipinski definition) is 10. The van der Waals surface area contributed by atoms with Crippen molar-refractivity contribution in [2.75, 3.05) is 36.5 Å². The molecule has 34 heavy (non-hydrogen) atoms. The summed E-state index contributed by atoms with van der Waals surface area (Å²) in [5.74, 6) is -0.729. The molecule has 1 aliphatic rings. The van der Waals surface area contributed by atoms with E-state index in [1.54, 1.807) is 36.1 Å². The standard InChI is InChI=1S/C23H29N5O6/c1-4-33-23(30)17-6-5-11-27(12-17)21-19(28(31)32)20(24-14-25-21)26-18-9-7-16(8-10-18)22(29)34-13-15(2)3/h7-10,14-15,17H,4-6,11-13H2,1-3H3,(H,24,25,26). The highest BCUT2D eigenvalue weighted by Gasteiger charge is 2.33. The minimum Gasteiger partial charge on any atom is -0.466 e. The second-order valence-corrected chi connectivity index (χ2v) is 8.38. The van der Waals surface area contributed by atoms with Crippen molar-refractivity contribution in [3.8, 4) is 0 Å². The highest BCUT2D eigenvalue weighted by molar-refractivity contribution is 5.90. The van der Waals surface area contributed by atoms with Gasteiger partial charge >= 0.3 is 17.6 Å². The van der Waals surface area contributed by atoms with E-state index in [0.717, 1.165) is 0 Å². The molecule has 0 saturated carbocycles. The lowest BCUT2D eigenvalue weighted by atomic mass is 9.98. The molecule has 1 atom stereocenters. The van der Waals surface area contributed by atoms with Gasteiger partial charge in [-0.25, -0.2) is 14.8 Å². The molecule has 1 aliphatic heterocycles. The van der Waals surface area contributed by atoms with Gasteiger partial charge in [-0.1, -0.05) is 13.8 Å². The van der Waals surface area contributed by atoms with Crippen molar-refractivity contribution >= 4 is 34.9 Å². The van der Waals surface area contributed by atoms with Gasteiger partial charge in [0, 0.05) is 18.8 Å². The quantitative estimate of drug-likeness (QED) is 0.327. The Bertz CT molecular complexity index is 1030. The monoisotopic (exact) mass is 471 g/mol. The normalized spacial score (nSPS) is 15.6. The number of ether oxygens (including phenoxy) is 2. The molecule has 0 radical (unpaired) electrons. The van der Waals surface area contributed by atoms with Crippen LogP contribution in [0.15, 0.2) is 30.6 Å². The maximum Gasteiger partial charge on any atom is 0.353 e. The molecule has 11 nitrogen and oxygen atoms in total. The molecule has 0 bridgehead atoms. The summed E-state index contributed by atoms with van der Waals surface area (Å²) in [4.78, 5) is 45.7. The van der Waals surface area contributed by atoms with Crippen molar-refractivity contribution in [3.05, 3.63) is 46.3 Å². The van der Waals surface area contributed by atoms with Crippen LogP contribution in [0.4, 0.5) is 23.0 Å². The lowest BCUT2D eigenvalue weighted by Crippen LogP contribution is -2.40. The van der Waals surface area contributed by atoms with Crippen LogP contribution in [0, 0.1) is 22.0 Å². The molecule has 1 unspecified atom stereocenters. The molecule has 2 heterocycles. The van der Waals surface area contributed by atoms with Gasteiger partial charge < -0.3 is 19.7 Å². The van der Waals surface area contributed by atoms with Crippen molar-refractivity contribution < 1.29 is 24.0 Å². The highest BCUT2D eigenvalue weighted by Crippen LogP contribution is 2.35. The molecule has 1 aromatic heterocycles. The molecular weight excluding hydrogens is 442 g/mol. The largest absolute Gasteiger partial charge is 0.466 e.